The minimum atomic E-state index is -0.864. The average Bonchev–Trinajstić information content (AvgIpc) is 2.77. The topological polar surface area (TPSA) is 124 Å². The monoisotopic (exact) mass is 461 g/mol. The van der Waals surface area contributed by atoms with E-state index < -0.39 is 11.9 Å². The Morgan fingerprint density at radius 3 is 2.47 bits per heavy atom. The third-order valence-electron chi connectivity index (χ3n) is 5.20. The van der Waals surface area contributed by atoms with Crippen LogP contribution in [0.15, 0.2) is 65.3 Å². The van der Waals surface area contributed by atoms with Crippen molar-refractivity contribution >= 4 is 17.6 Å². The van der Waals surface area contributed by atoms with E-state index in [-0.39, 0.29) is 41.9 Å². The van der Waals surface area contributed by atoms with E-state index in [0.29, 0.717) is 17.0 Å². The lowest BCUT2D eigenvalue weighted by atomic mass is 9.82. The van der Waals surface area contributed by atoms with Crippen molar-refractivity contribution in [1.29, 1.82) is 5.26 Å². The number of nitriles is 1. The summed E-state index contributed by atoms with van der Waals surface area (Å²) in [5, 5.41) is 12.6. The molecule has 0 aliphatic carbocycles. The van der Waals surface area contributed by atoms with Gasteiger partial charge in [0.05, 0.1) is 18.1 Å². The van der Waals surface area contributed by atoms with E-state index in [1.807, 2.05) is 38.1 Å². The van der Waals surface area contributed by atoms with E-state index in [9.17, 15) is 14.9 Å². The number of ether oxygens (including phenoxy) is 3. The normalized spacial score (nSPS) is 15.3. The first kappa shape index (κ1) is 24.4. The highest BCUT2D eigenvalue weighted by atomic mass is 16.5. The van der Waals surface area contributed by atoms with E-state index in [4.69, 9.17) is 19.9 Å². The van der Waals surface area contributed by atoms with Crippen LogP contribution < -0.4 is 15.8 Å². The molecule has 8 nitrogen and oxygen atoms in total. The van der Waals surface area contributed by atoms with Gasteiger partial charge in [0.15, 0.2) is 6.61 Å². The molecule has 0 radical (unpaired) electrons. The second-order valence-corrected chi connectivity index (χ2v) is 7.87. The first-order valence-corrected chi connectivity index (χ1v) is 10.8. The standard InChI is InChI=1S/C26H27N3O5/c1-5-32-26(31)23-17(4)34-25(28)20(13-27)24(23)19-8-6-7-9-21(19)33-14-22(30)29-18-11-15(2)10-16(3)12-18/h6-12,24H,5,14,28H2,1-4H3,(H,29,30). The summed E-state index contributed by atoms with van der Waals surface area (Å²) in [6.07, 6.45) is 0. The summed E-state index contributed by atoms with van der Waals surface area (Å²) < 4.78 is 16.5. The number of allylic oxidation sites excluding steroid dienone is 2. The van der Waals surface area contributed by atoms with Crippen molar-refractivity contribution < 1.29 is 23.8 Å². The number of hydrogen-bond acceptors (Lipinski definition) is 7. The fourth-order valence-electron chi connectivity index (χ4n) is 3.90. The molecule has 1 atom stereocenters. The van der Waals surface area contributed by atoms with Crippen molar-refractivity contribution in [2.24, 2.45) is 5.73 Å². The SMILES string of the molecule is CCOC(=O)C1=C(C)OC(N)=C(C#N)C1c1ccccc1OCC(=O)Nc1cc(C)cc(C)c1. The molecule has 1 heterocycles. The minimum Gasteiger partial charge on any atom is -0.483 e. The number of nitrogens with two attached hydrogens (primary N) is 1. The first-order chi connectivity index (χ1) is 16.2. The fraction of sp³-hybridized carbons (Fsp3) is 0.269. The number of benzene rings is 2. The summed E-state index contributed by atoms with van der Waals surface area (Å²) in [7, 11) is 0. The Morgan fingerprint density at radius 1 is 1.15 bits per heavy atom. The first-order valence-electron chi connectivity index (χ1n) is 10.8. The van der Waals surface area contributed by atoms with E-state index >= 15 is 0 Å². The Hall–Kier alpha value is -4.25. The van der Waals surface area contributed by atoms with Gasteiger partial charge in [0.1, 0.15) is 23.2 Å². The molecule has 0 aromatic heterocycles. The van der Waals surface area contributed by atoms with Gasteiger partial charge in [-0.05, 0) is 57.0 Å². The van der Waals surface area contributed by atoms with Gasteiger partial charge in [0.2, 0.25) is 5.88 Å². The third kappa shape index (κ3) is 5.38. The van der Waals surface area contributed by atoms with Gasteiger partial charge in [-0.1, -0.05) is 24.3 Å². The molecule has 3 rings (SSSR count). The second kappa shape index (κ2) is 10.6. The average molecular weight is 462 g/mol. The number of para-hydroxylation sites is 1. The molecule has 1 aliphatic heterocycles. The van der Waals surface area contributed by atoms with Crippen LogP contribution in [0.4, 0.5) is 5.69 Å². The number of rotatable bonds is 7. The van der Waals surface area contributed by atoms with Crippen molar-refractivity contribution in [3.05, 3.63) is 81.9 Å². The van der Waals surface area contributed by atoms with Crippen LogP contribution in [-0.2, 0) is 19.1 Å². The highest BCUT2D eigenvalue weighted by Crippen LogP contribution is 2.42. The van der Waals surface area contributed by atoms with Crippen LogP contribution in [0.25, 0.3) is 0 Å². The van der Waals surface area contributed by atoms with Gasteiger partial charge in [-0.2, -0.15) is 5.26 Å². The largest absolute Gasteiger partial charge is 0.483 e. The van der Waals surface area contributed by atoms with E-state index in [0.717, 1.165) is 11.1 Å². The second-order valence-electron chi connectivity index (χ2n) is 7.87. The van der Waals surface area contributed by atoms with Crippen molar-refractivity contribution in [3.8, 4) is 11.8 Å². The predicted molar refractivity (Wildman–Crippen MR) is 126 cm³/mol. The van der Waals surface area contributed by atoms with Crippen LogP contribution in [0.2, 0.25) is 0 Å². The summed E-state index contributed by atoms with van der Waals surface area (Å²) in [6.45, 7) is 7.05. The summed E-state index contributed by atoms with van der Waals surface area (Å²) in [6, 6.07) is 14.6. The van der Waals surface area contributed by atoms with Gasteiger partial charge in [-0.15, -0.1) is 0 Å². The minimum absolute atomic E-state index is 0.0596. The molecule has 1 aliphatic rings. The number of anilines is 1. The molecule has 1 unspecified atom stereocenters. The summed E-state index contributed by atoms with van der Waals surface area (Å²) in [4.78, 5) is 25.3. The van der Waals surface area contributed by atoms with Gasteiger partial charge in [0, 0.05) is 11.3 Å². The molecule has 0 saturated carbocycles. The van der Waals surface area contributed by atoms with Gasteiger partial charge >= 0.3 is 5.97 Å². The Balaban J connectivity index is 1.90. The predicted octanol–water partition coefficient (Wildman–Crippen LogP) is 3.97. The van der Waals surface area contributed by atoms with Gasteiger partial charge in [0.25, 0.3) is 5.91 Å². The molecule has 176 valence electrons. The molecular formula is C26H27N3O5. The third-order valence-corrected chi connectivity index (χ3v) is 5.20. The molecule has 1 amide bonds. The van der Waals surface area contributed by atoms with E-state index in [1.54, 1.807) is 38.1 Å². The summed E-state index contributed by atoms with van der Waals surface area (Å²) >= 11 is 0. The molecule has 34 heavy (non-hydrogen) atoms. The van der Waals surface area contributed by atoms with Crippen LogP contribution in [0.5, 0.6) is 5.75 Å². The lowest BCUT2D eigenvalue weighted by Gasteiger charge is -2.28. The Labute approximate surface area is 198 Å². The number of aryl methyl sites for hydroxylation is 2. The van der Waals surface area contributed by atoms with E-state index in [1.165, 1.54) is 0 Å². The Morgan fingerprint density at radius 2 is 1.82 bits per heavy atom. The zero-order valence-corrected chi connectivity index (χ0v) is 19.6. The zero-order chi connectivity index (χ0) is 24.8. The van der Waals surface area contributed by atoms with Crippen LogP contribution >= 0.6 is 0 Å². The molecule has 0 fully saturated rings. The number of carbonyl (C=O) groups excluding carboxylic acids is 2. The maximum Gasteiger partial charge on any atom is 0.338 e. The number of nitrogens with zero attached hydrogens (tertiary/aromatic N) is 1. The number of nitrogens with one attached hydrogen (secondary N) is 1. The van der Waals surface area contributed by atoms with Crippen molar-refractivity contribution in [1.82, 2.24) is 0 Å². The molecule has 2 aromatic rings. The molecule has 8 heteroatoms. The molecule has 3 N–H and O–H groups in total. The van der Waals surface area contributed by atoms with Crippen LogP contribution in [0.3, 0.4) is 0 Å². The lowest BCUT2D eigenvalue weighted by molar-refractivity contribution is -0.139. The Bertz CT molecular complexity index is 1200. The zero-order valence-electron chi connectivity index (χ0n) is 19.6. The molecule has 0 saturated heterocycles. The molecule has 0 bridgehead atoms. The van der Waals surface area contributed by atoms with Crippen LogP contribution in [0, 0.1) is 25.2 Å². The van der Waals surface area contributed by atoms with Gasteiger partial charge < -0.3 is 25.3 Å². The number of esters is 1. The number of carbonyl (C=O) groups is 2. The van der Waals surface area contributed by atoms with Crippen molar-refractivity contribution in [2.45, 2.75) is 33.6 Å². The number of amides is 1. The molecule has 2 aromatic carbocycles. The van der Waals surface area contributed by atoms with Crippen LogP contribution in [0.1, 0.15) is 36.5 Å². The molecule has 0 spiro atoms. The number of hydrogen-bond donors (Lipinski definition) is 2. The highest BCUT2D eigenvalue weighted by molar-refractivity contribution is 5.93. The van der Waals surface area contributed by atoms with Crippen LogP contribution in [-0.4, -0.2) is 25.1 Å². The lowest BCUT2D eigenvalue weighted by Crippen LogP contribution is -2.26. The van der Waals surface area contributed by atoms with Crippen molar-refractivity contribution in [2.75, 3.05) is 18.5 Å². The van der Waals surface area contributed by atoms with Gasteiger partial charge in [-0.25, -0.2) is 4.79 Å². The van der Waals surface area contributed by atoms with E-state index in [2.05, 4.69) is 5.32 Å². The summed E-state index contributed by atoms with van der Waals surface area (Å²) in [5.74, 6) is -1.35. The fourth-order valence-corrected chi connectivity index (χ4v) is 3.90. The maximum absolute atomic E-state index is 12.8. The maximum atomic E-state index is 12.8. The van der Waals surface area contributed by atoms with Crippen molar-refractivity contribution in [3.63, 3.8) is 0 Å². The van der Waals surface area contributed by atoms with Gasteiger partial charge in [-0.3, -0.25) is 4.79 Å². The Kier molecular flexibility index (Phi) is 7.59. The quantitative estimate of drug-likeness (QED) is 0.598. The molecular weight excluding hydrogens is 434 g/mol. The highest BCUT2D eigenvalue weighted by Gasteiger charge is 2.37. The summed E-state index contributed by atoms with van der Waals surface area (Å²) in [5.41, 5.74) is 9.42. The smallest absolute Gasteiger partial charge is 0.338 e.